The zero-order chi connectivity index (χ0) is 24.0. The third kappa shape index (κ3) is 5.49. The predicted molar refractivity (Wildman–Crippen MR) is 132 cm³/mol. The highest BCUT2D eigenvalue weighted by Gasteiger charge is 2.41. The molecule has 0 aliphatic carbocycles. The van der Waals surface area contributed by atoms with Crippen molar-refractivity contribution in [2.45, 2.75) is 91.2 Å². The molecule has 1 heterocycles. The SMILES string of the molecule is Cc1c(CC(=O)O[Si](C)(C)C(C)(C)C)c(=O)oc2cc(O[Si](C)(C)C(C)(C)C)ccc12. The number of benzene rings is 1. The highest BCUT2D eigenvalue weighted by atomic mass is 28.4. The second-order valence-electron chi connectivity index (χ2n) is 11.4. The number of carbonyl (C=O) groups excluding carboxylic acids is 1. The van der Waals surface area contributed by atoms with E-state index in [4.69, 9.17) is 13.3 Å². The molecule has 5 nitrogen and oxygen atoms in total. The van der Waals surface area contributed by atoms with E-state index in [0.717, 1.165) is 10.9 Å². The highest BCUT2D eigenvalue weighted by molar-refractivity contribution is 6.75. The van der Waals surface area contributed by atoms with Crippen LogP contribution in [0.3, 0.4) is 0 Å². The van der Waals surface area contributed by atoms with Gasteiger partial charge in [0.05, 0.1) is 12.0 Å². The molecule has 0 radical (unpaired) electrons. The Labute approximate surface area is 188 Å². The Kier molecular flexibility index (Phi) is 6.75. The van der Waals surface area contributed by atoms with E-state index in [1.807, 2.05) is 32.2 Å². The minimum absolute atomic E-state index is 0.0626. The molecule has 0 saturated carbocycles. The summed E-state index contributed by atoms with van der Waals surface area (Å²) in [6, 6.07) is 5.59. The highest BCUT2D eigenvalue weighted by Crippen LogP contribution is 2.38. The van der Waals surface area contributed by atoms with Crippen LogP contribution in [0.4, 0.5) is 0 Å². The molecule has 2 aromatic rings. The fraction of sp³-hybridized carbons (Fsp3) is 0.583. The first-order valence-electron chi connectivity index (χ1n) is 10.8. The summed E-state index contributed by atoms with van der Waals surface area (Å²) in [5.74, 6) is 0.325. The third-order valence-corrected chi connectivity index (χ3v) is 15.6. The third-order valence-electron chi connectivity index (χ3n) is 6.93. The molecule has 0 atom stereocenters. The maximum atomic E-state index is 12.7. The molecular weight excluding hydrogens is 424 g/mol. The van der Waals surface area contributed by atoms with Crippen molar-refractivity contribution in [3.8, 4) is 5.75 Å². The first kappa shape index (κ1) is 25.4. The predicted octanol–water partition coefficient (Wildman–Crippen LogP) is 6.58. The molecule has 0 amide bonds. The van der Waals surface area contributed by atoms with Gasteiger partial charge in [0.2, 0.25) is 8.32 Å². The molecule has 2 rings (SSSR count). The van der Waals surface area contributed by atoms with Crippen molar-refractivity contribution < 1.29 is 18.1 Å². The maximum absolute atomic E-state index is 12.7. The Balaban J connectivity index is 2.36. The first-order chi connectivity index (χ1) is 13.9. The van der Waals surface area contributed by atoms with Crippen molar-refractivity contribution in [2.75, 3.05) is 0 Å². The molecule has 172 valence electrons. The van der Waals surface area contributed by atoms with Crippen LogP contribution in [-0.4, -0.2) is 22.6 Å². The van der Waals surface area contributed by atoms with Crippen molar-refractivity contribution in [2.24, 2.45) is 0 Å². The minimum Gasteiger partial charge on any atom is -0.543 e. The van der Waals surface area contributed by atoms with E-state index in [0.29, 0.717) is 16.9 Å². The lowest BCUT2D eigenvalue weighted by molar-refractivity contribution is -0.134. The molecule has 0 unspecified atom stereocenters. The second kappa shape index (κ2) is 8.24. The fourth-order valence-electron chi connectivity index (χ4n) is 2.71. The van der Waals surface area contributed by atoms with E-state index in [9.17, 15) is 9.59 Å². The molecule has 1 aromatic carbocycles. The normalized spacial score (nSPS) is 13.4. The number of hydrogen-bond acceptors (Lipinski definition) is 5. The molecule has 0 aliphatic heterocycles. The molecule has 0 saturated heterocycles. The summed E-state index contributed by atoms with van der Waals surface area (Å²) in [7, 11) is -4.26. The summed E-state index contributed by atoms with van der Waals surface area (Å²) >= 11 is 0. The van der Waals surface area contributed by atoms with Crippen LogP contribution >= 0.6 is 0 Å². The van der Waals surface area contributed by atoms with E-state index in [2.05, 4.69) is 54.6 Å². The van der Waals surface area contributed by atoms with Crippen molar-refractivity contribution in [3.63, 3.8) is 0 Å². The van der Waals surface area contributed by atoms with Gasteiger partial charge in [0.1, 0.15) is 11.3 Å². The van der Waals surface area contributed by atoms with E-state index >= 15 is 0 Å². The molecule has 0 aliphatic rings. The van der Waals surface area contributed by atoms with Crippen LogP contribution in [0.15, 0.2) is 27.4 Å². The van der Waals surface area contributed by atoms with Crippen LogP contribution < -0.4 is 10.1 Å². The summed E-state index contributed by atoms with van der Waals surface area (Å²) in [5, 5.41) is 0.775. The molecule has 0 fully saturated rings. The second-order valence-corrected chi connectivity index (χ2v) is 20.9. The number of hydrogen-bond donors (Lipinski definition) is 0. The van der Waals surface area contributed by atoms with Gasteiger partial charge in [-0.3, -0.25) is 4.79 Å². The summed E-state index contributed by atoms with van der Waals surface area (Å²) in [5.41, 5.74) is 1.08. The standard InChI is InChI=1S/C24H38O5Si2/c1-16-18-13-12-17(28-30(8,9)23(2,3)4)14-20(18)27-22(26)19(16)15-21(25)29-31(10,11)24(5,6)7/h12-14H,15H2,1-11H3. The van der Waals surface area contributed by atoms with Gasteiger partial charge < -0.3 is 13.3 Å². The lowest BCUT2D eigenvalue weighted by atomic mass is 10.0. The van der Waals surface area contributed by atoms with Crippen molar-refractivity contribution in [1.29, 1.82) is 0 Å². The monoisotopic (exact) mass is 462 g/mol. The zero-order valence-electron chi connectivity index (χ0n) is 21.0. The Bertz CT molecular complexity index is 1040. The van der Waals surface area contributed by atoms with Crippen molar-refractivity contribution in [1.82, 2.24) is 0 Å². The lowest BCUT2D eigenvalue weighted by Gasteiger charge is -2.36. The van der Waals surface area contributed by atoms with E-state index in [1.165, 1.54) is 0 Å². The average Bonchev–Trinajstić information content (AvgIpc) is 2.55. The molecule has 0 N–H and O–H groups in total. The van der Waals surface area contributed by atoms with Crippen LogP contribution in [0.25, 0.3) is 11.0 Å². The Hall–Kier alpha value is -1.87. The van der Waals surface area contributed by atoms with Crippen LogP contribution in [-0.2, 0) is 15.6 Å². The molecule has 1 aromatic heterocycles. The van der Waals surface area contributed by atoms with E-state index in [-0.39, 0.29) is 22.5 Å². The molecule has 0 spiro atoms. The van der Waals surface area contributed by atoms with E-state index < -0.39 is 22.3 Å². The van der Waals surface area contributed by atoms with Gasteiger partial charge in [0, 0.05) is 11.5 Å². The van der Waals surface area contributed by atoms with Gasteiger partial charge in [-0.2, -0.15) is 0 Å². The number of fused-ring (bicyclic) bond motifs is 1. The minimum atomic E-state index is -2.25. The average molecular weight is 463 g/mol. The zero-order valence-corrected chi connectivity index (χ0v) is 23.0. The van der Waals surface area contributed by atoms with E-state index in [1.54, 1.807) is 6.07 Å². The Morgan fingerprint density at radius 3 is 2.03 bits per heavy atom. The van der Waals surface area contributed by atoms with Gasteiger partial charge in [-0.15, -0.1) is 0 Å². The van der Waals surface area contributed by atoms with Crippen LogP contribution in [0.2, 0.25) is 36.3 Å². The number of aryl methyl sites for hydroxylation is 1. The van der Waals surface area contributed by atoms with Crippen molar-refractivity contribution in [3.05, 3.63) is 39.7 Å². The van der Waals surface area contributed by atoms with Crippen LogP contribution in [0.5, 0.6) is 5.75 Å². The Morgan fingerprint density at radius 1 is 0.968 bits per heavy atom. The lowest BCUT2D eigenvalue weighted by Crippen LogP contribution is -2.43. The summed E-state index contributed by atoms with van der Waals surface area (Å²) in [4.78, 5) is 25.3. The van der Waals surface area contributed by atoms with Gasteiger partial charge in [-0.05, 0) is 60.9 Å². The first-order valence-corrected chi connectivity index (χ1v) is 16.6. The smallest absolute Gasteiger partial charge is 0.340 e. The van der Waals surface area contributed by atoms with Gasteiger partial charge in [-0.25, -0.2) is 4.79 Å². The van der Waals surface area contributed by atoms with Crippen molar-refractivity contribution >= 4 is 33.6 Å². The quantitative estimate of drug-likeness (QED) is 0.371. The summed E-state index contributed by atoms with van der Waals surface area (Å²) in [6.45, 7) is 23.0. The molecule has 0 bridgehead atoms. The van der Waals surface area contributed by atoms with Gasteiger partial charge in [0.25, 0.3) is 14.3 Å². The largest absolute Gasteiger partial charge is 0.543 e. The Morgan fingerprint density at radius 2 is 1.52 bits per heavy atom. The van der Waals surface area contributed by atoms with Gasteiger partial charge >= 0.3 is 5.63 Å². The maximum Gasteiger partial charge on any atom is 0.340 e. The topological polar surface area (TPSA) is 65.7 Å². The number of rotatable bonds is 5. The number of carbonyl (C=O) groups is 1. The molecule has 7 heteroatoms. The summed E-state index contributed by atoms with van der Waals surface area (Å²) < 4.78 is 17.8. The molecular formula is C24H38O5Si2. The van der Waals surface area contributed by atoms with Crippen LogP contribution in [0.1, 0.15) is 52.7 Å². The fourth-order valence-corrected chi connectivity index (χ4v) is 4.68. The summed E-state index contributed by atoms with van der Waals surface area (Å²) in [6.07, 6.45) is -0.0845. The van der Waals surface area contributed by atoms with Gasteiger partial charge in [-0.1, -0.05) is 41.5 Å². The molecule has 31 heavy (non-hydrogen) atoms. The van der Waals surface area contributed by atoms with Gasteiger partial charge in [0.15, 0.2) is 0 Å². The van der Waals surface area contributed by atoms with Crippen LogP contribution in [0, 0.1) is 6.92 Å².